The van der Waals surface area contributed by atoms with Gasteiger partial charge in [0.25, 0.3) is 11.5 Å². The predicted octanol–water partition coefficient (Wildman–Crippen LogP) is 3.30. The number of urea groups is 1. The fourth-order valence-electron chi connectivity index (χ4n) is 3.17. The van der Waals surface area contributed by atoms with Gasteiger partial charge >= 0.3 is 6.03 Å². The zero-order chi connectivity index (χ0) is 21.8. The molecule has 2 aromatic carbocycles. The Morgan fingerprint density at radius 3 is 2.39 bits per heavy atom. The first-order valence-corrected chi connectivity index (χ1v) is 9.83. The molecule has 1 aromatic heterocycles. The second-order valence-corrected chi connectivity index (χ2v) is 7.22. The first-order chi connectivity index (χ1) is 15.0. The Morgan fingerprint density at radius 1 is 1.00 bits per heavy atom. The topological polar surface area (TPSA) is 96.3 Å². The SMILES string of the molecule is O=C(Nc1ccc(-n2ccncc2=O)cc1)C1C=CCN1C(=O)Nc1ccc(Cl)cc1. The standard InChI is InChI=1S/C22H18ClN5O3/c23-15-3-5-17(6-4-15)26-22(31)28-12-1-2-19(28)21(30)25-16-7-9-18(10-8-16)27-13-11-24-14-20(27)29/h1-11,13-14,19H,12H2,(H,25,30)(H,26,31). The van der Waals surface area contributed by atoms with E-state index in [9.17, 15) is 14.4 Å². The van der Waals surface area contributed by atoms with Gasteiger partial charge in [0.1, 0.15) is 6.04 Å². The molecule has 0 fully saturated rings. The highest BCUT2D eigenvalue weighted by molar-refractivity contribution is 6.30. The van der Waals surface area contributed by atoms with E-state index in [1.807, 2.05) is 0 Å². The van der Waals surface area contributed by atoms with Crippen molar-refractivity contribution in [1.29, 1.82) is 0 Å². The molecular formula is C22H18ClN5O3. The maximum Gasteiger partial charge on any atom is 0.323 e. The van der Waals surface area contributed by atoms with Crippen LogP contribution in [0, 0.1) is 0 Å². The monoisotopic (exact) mass is 435 g/mol. The number of aromatic nitrogens is 2. The number of hydrogen-bond donors (Lipinski definition) is 2. The molecule has 4 rings (SSSR count). The van der Waals surface area contributed by atoms with Crippen LogP contribution in [0.2, 0.25) is 5.02 Å². The molecule has 3 amide bonds. The van der Waals surface area contributed by atoms with Gasteiger partial charge in [0, 0.05) is 41.0 Å². The van der Waals surface area contributed by atoms with Crippen molar-refractivity contribution in [2.75, 3.05) is 17.2 Å². The van der Waals surface area contributed by atoms with Crippen molar-refractivity contribution in [3.63, 3.8) is 0 Å². The van der Waals surface area contributed by atoms with Gasteiger partial charge in [-0.1, -0.05) is 23.8 Å². The summed E-state index contributed by atoms with van der Waals surface area (Å²) in [5.41, 5.74) is 1.53. The first-order valence-electron chi connectivity index (χ1n) is 9.45. The molecule has 8 nitrogen and oxygen atoms in total. The van der Waals surface area contributed by atoms with Crippen LogP contribution in [0.25, 0.3) is 5.69 Å². The van der Waals surface area contributed by atoms with E-state index in [0.29, 0.717) is 28.6 Å². The van der Waals surface area contributed by atoms with Crippen molar-refractivity contribution in [2.24, 2.45) is 0 Å². The van der Waals surface area contributed by atoms with Gasteiger partial charge in [-0.05, 0) is 48.5 Å². The van der Waals surface area contributed by atoms with Gasteiger partial charge in [-0.3, -0.25) is 19.1 Å². The van der Waals surface area contributed by atoms with Gasteiger partial charge < -0.3 is 15.5 Å². The summed E-state index contributed by atoms with van der Waals surface area (Å²) in [6, 6.07) is 12.4. The highest BCUT2D eigenvalue weighted by Gasteiger charge is 2.30. The number of halogens is 1. The maximum absolute atomic E-state index is 12.8. The third kappa shape index (κ3) is 4.65. The second kappa shape index (κ2) is 8.85. The molecule has 1 atom stereocenters. The van der Waals surface area contributed by atoms with E-state index in [1.54, 1.807) is 66.9 Å². The Bertz CT molecular complexity index is 1190. The summed E-state index contributed by atoms with van der Waals surface area (Å²) in [6.07, 6.45) is 7.77. The Morgan fingerprint density at radius 2 is 1.68 bits per heavy atom. The average Bonchev–Trinajstić information content (AvgIpc) is 3.27. The van der Waals surface area contributed by atoms with E-state index in [0.717, 1.165) is 0 Å². The van der Waals surface area contributed by atoms with Crippen molar-refractivity contribution in [1.82, 2.24) is 14.5 Å². The first kappa shape index (κ1) is 20.4. The van der Waals surface area contributed by atoms with Crippen LogP contribution in [0.5, 0.6) is 0 Å². The molecule has 3 aromatic rings. The number of nitrogens with zero attached hydrogens (tertiary/aromatic N) is 3. The zero-order valence-electron chi connectivity index (χ0n) is 16.2. The van der Waals surface area contributed by atoms with Gasteiger partial charge in [0.15, 0.2) is 0 Å². The molecule has 1 aliphatic heterocycles. The van der Waals surface area contributed by atoms with Crippen LogP contribution in [0.4, 0.5) is 16.2 Å². The maximum atomic E-state index is 12.8. The summed E-state index contributed by atoms with van der Waals surface area (Å²) in [5.74, 6) is -0.339. The molecular weight excluding hydrogens is 418 g/mol. The quantitative estimate of drug-likeness (QED) is 0.614. The van der Waals surface area contributed by atoms with Gasteiger partial charge in [-0.2, -0.15) is 0 Å². The van der Waals surface area contributed by atoms with Crippen molar-refractivity contribution >= 4 is 34.9 Å². The van der Waals surface area contributed by atoms with Crippen molar-refractivity contribution in [3.8, 4) is 5.69 Å². The molecule has 0 bridgehead atoms. The Labute approximate surface area is 182 Å². The van der Waals surface area contributed by atoms with Crippen LogP contribution in [0.1, 0.15) is 0 Å². The average molecular weight is 436 g/mol. The number of anilines is 2. The third-order valence-corrected chi connectivity index (χ3v) is 4.97. The molecule has 2 N–H and O–H groups in total. The van der Waals surface area contributed by atoms with Crippen molar-refractivity contribution in [3.05, 3.63) is 94.6 Å². The minimum Gasteiger partial charge on any atom is -0.324 e. The molecule has 31 heavy (non-hydrogen) atoms. The fraction of sp³-hybridized carbons (Fsp3) is 0.0909. The highest BCUT2D eigenvalue weighted by atomic mass is 35.5. The lowest BCUT2D eigenvalue weighted by Crippen LogP contribution is -2.45. The number of nitrogens with one attached hydrogen (secondary N) is 2. The lowest BCUT2D eigenvalue weighted by molar-refractivity contribution is -0.118. The smallest absolute Gasteiger partial charge is 0.323 e. The molecule has 1 unspecified atom stereocenters. The summed E-state index contributed by atoms with van der Waals surface area (Å²) >= 11 is 5.86. The molecule has 9 heteroatoms. The summed E-state index contributed by atoms with van der Waals surface area (Å²) in [7, 11) is 0. The lowest BCUT2D eigenvalue weighted by atomic mass is 10.2. The number of benzene rings is 2. The van der Waals surface area contributed by atoms with E-state index in [4.69, 9.17) is 11.6 Å². The zero-order valence-corrected chi connectivity index (χ0v) is 17.0. The normalized spacial score (nSPS) is 15.0. The van der Waals surface area contributed by atoms with Crippen LogP contribution in [-0.2, 0) is 4.79 Å². The van der Waals surface area contributed by atoms with Crippen molar-refractivity contribution < 1.29 is 9.59 Å². The molecule has 0 spiro atoms. The molecule has 2 heterocycles. The lowest BCUT2D eigenvalue weighted by Gasteiger charge is -2.24. The second-order valence-electron chi connectivity index (χ2n) is 6.78. The highest BCUT2D eigenvalue weighted by Crippen LogP contribution is 2.18. The summed E-state index contributed by atoms with van der Waals surface area (Å²) in [4.78, 5) is 42.5. The molecule has 0 saturated carbocycles. The Balaban J connectivity index is 1.42. The fourth-order valence-corrected chi connectivity index (χ4v) is 3.30. The van der Waals surface area contributed by atoms with Gasteiger partial charge in [-0.25, -0.2) is 4.79 Å². The van der Waals surface area contributed by atoms with Gasteiger partial charge in [-0.15, -0.1) is 0 Å². The molecule has 0 radical (unpaired) electrons. The number of carbonyl (C=O) groups excluding carboxylic acids is 2. The summed E-state index contributed by atoms with van der Waals surface area (Å²) in [6.45, 7) is 0.321. The van der Waals surface area contributed by atoms with E-state index < -0.39 is 6.04 Å². The summed E-state index contributed by atoms with van der Waals surface area (Å²) in [5, 5.41) is 6.13. The minimum atomic E-state index is -0.741. The van der Waals surface area contributed by atoms with Crippen LogP contribution in [-0.4, -0.2) is 39.0 Å². The van der Waals surface area contributed by atoms with Crippen LogP contribution in [0.3, 0.4) is 0 Å². The van der Waals surface area contributed by atoms with Crippen LogP contribution < -0.4 is 16.2 Å². The molecule has 156 valence electrons. The molecule has 0 saturated heterocycles. The number of amides is 3. The molecule has 1 aliphatic rings. The third-order valence-electron chi connectivity index (χ3n) is 4.72. The van der Waals surface area contributed by atoms with Crippen LogP contribution in [0.15, 0.2) is 84.1 Å². The van der Waals surface area contributed by atoms with Gasteiger partial charge in [0.05, 0.1) is 6.20 Å². The minimum absolute atomic E-state index is 0.252. The van der Waals surface area contributed by atoms with E-state index in [1.165, 1.54) is 21.9 Å². The Kier molecular flexibility index (Phi) is 5.81. The van der Waals surface area contributed by atoms with E-state index in [2.05, 4.69) is 15.6 Å². The van der Waals surface area contributed by atoms with E-state index >= 15 is 0 Å². The van der Waals surface area contributed by atoms with E-state index in [-0.39, 0.29) is 17.5 Å². The van der Waals surface area contributed by atoms with Gasteiger partial charge in [0.2, 0.25) is 0 Å². The number of carbonyl (C=O) groups is 2. The Hall–Kier alpha value is -3.91. The van der Waals surface area contributed by atoms with Crippen molar-refractivity contribution in [2.45, 2.75) is 6.04 Å². The summed E-state index contributed by atoms with van der Waals surface area (Å²) < 4.78 is 1.45. The molecule has 0 aliphatic carbocycles. The number of hydrogen-bond acceptors (Lipinski definition) is 4. The number of rotatable bonds is 4. The predicted molar refractivity (Wildman–Crippen MR) is 119 cm³/mol. The largest absolute Gasteiger partial charge is 0.324 e. The van der Waals surface area contributed by atoms with Crippen LogP contribution >= 0.6 is 11.6 Å².